The highest BCUT2D eigenvalue weighted by atomic mass is 16.3. The molecule has 1 rings (SSSR count). The van der Waals surface area contributed by atoms with E-state index in [9.17, 15) is 4.79 Å². The van der Waals surface area contributed by atoms with Crippen LogP contribution in [-0.2, 0) is 0 Å². The number of anilines is 1. The van der Waals surface area contributed by atoms with Crippen molar-refractivity contribution in [1.29, 1.82) is 0 Å². The number of carbonyl (C=O) groups excluding carboxylic acids is 1. The Morgan fingerprint density at radius 2 is 2.08 bits per heavy atom. The molecule has 0 amide bonds. The average Bonchev–Trinajstić information content (AvgIpc) is 2.50. The maximum Gasteiger partial charge on any atom is 0.185 e. The van der Waals surface area contributed by atoms with E-state index in [1.54, 1.807) is 6.07 Å². The van der Waals surface area contributed by atoms with E-state index in [0.29, 0.717) is 5.76 Å². The van der Waals surface area contributed by atoms with E-state index in [-0.39, 0.29) is 0 Å². The summed E-state index contributed by atoms with van der Waals surface area (Å²) in [7, 11) is 0. The Labute approximate surface area is 78.3 Å². The minimum absolute atomic E-state index is 0.402. The number of furan rings is 1. The van der Waals surface area contributed by atoms with Gasteiger partial charge < -0.3 is 9.32 Å². The Bertz CT molecular complexity index is 287. The number of nitrogens with zero attached hydrogens (tertiary/aromatic N) is 1. The van der Waals surface area contributed by atoms with Gasteiger partial charge in [-0.15, -0.1) is 0 Å². The molecule has 13 heavy (non-hydrogen) atoms. The van der Waals surface area contributed by atoms with E-state index in [0.717, 1.165) is 30.8 Å². The van der Waals surface area contributed by atoms with Crippen molar-refractivity contribution in [2.75, 3.05) is 18.0 Å². The van der Waals surface area contributed by atoms with Gasteiger partial charge in [-0.2, -0.15) is 0 Å². The molecule has 0 aliphatic heterocycles. The lowest BCUT2D eigenvalue weighted by atomic mass is 10.3. The van der Waals surface area contributed by atoms with Crippen LogP contribution >= 0.6 is 0 Å². The lowest BCUT2D eigenvalue weighted by molar-refractivity contribution is 0.109. The van der Waals surface area contributed by atoms with Gasteiger partial charge >= 0.3 is 0 Å². The Kier molecular flexibility index (Phi) is 3.12. The molecular formula is C10H15NO2. The maximum absolute atomic E-state index is 10.5. The Hall–Kier alpha value is -1.25. The summed E-state index contributed by atoms with van der Waals surface area (Å²) in [4.78, 5) is 12.6. The summed E-state index contributed by atoms with van der Waals surface area (Å²) < 4.78 is 5.24. The van der Waals surface area contributed by atoms with E-state index in [2.05, 4.69) is 18.7 Å². The monoisotopic (exact) mass is 181 g/mol. The van der Waals surface area contributed by atoms with Crippen LogP contribution in [0.5, 0.6) is 0 Å². The first kappa shape index (κ1) is 9.84. The van der Waals surface area contributed by atoms with Crippen LogP contribution < -0.4 is 4.90 Å². The third-order valence-electron chi connectivity index (χ3n) is 2.13. The second kappa shape index (κ2) is 4.12. The lowest BCUT2D eigenvalue weighted by Gasteiger charge is -2.19. The molecule has 72 valence electrons. The molecule has 0 aromatic carbocycles. The van der Waals surface area contributed by atoms with Crippen LogP contribution in [-0.4, -0.2) is 19.4 Å². The molecule has 1 aromatic rings. The molecule has 0 spiro atoms. The van der Waals surface area contributed by atoms with Crippen LogP contribution in [0.15, 0.2) is 10.5 Å². The van der Waals surface area contributed by atoms with E-state index in [4.69, 9.17) is 4.42 Å². The molecule has 0 aliphatic carbocycles. The van der Waals surface area contributed by atoms with Crippen LogP contribution in [0.4, 0.5) is 5.69 Å². The zero-order valence-electron chi connectivity index (χ0n) is 8.33. The predicted octanol–water partition coefficient (Wildman–Crippen LogP) is 2.25. The molecule has 0 fully saturated rings. The molecule has 3 heteroatoms. The van der Waals surface area contributed by atoms with Crippen LogP contribution in [0, 0.1) is 6.92 Å². The molecule has 0 radical (unpaired) electrons. The fourth-order valence-corrected chi connectivity index (χ4v) is 1.43. The number of rotatable bonds is 4. The number of hydrogen-bond donors (Lipinski definition) is 0. The van der Waals surface area contributed by atoms with Crippen molar-refractivity contribution >= 4 is 12.0 Å². The van der Waals surface area contributed by atoms with Crippen LogP contribution in [0.1, 0.15) is 30.2 Å². The second-order valence-electron chi connectivity index (χ2n) is 2.88. The number of carbonyl (C=O) groups is 1. The Morgan fingerprint density at radius 3 is 2.46 bits per heavy atom. The van der Waals surface area contributed by atoms with Gasteiger partial charge in [-0.1, -0.05) is 0 Å². The molecule has 0 saturated heterocycles. The fourth-order valence-electron chi connectivity index (χ4n) is 1.43. The average molecular weight is 181 g/mol. The van der Waals surface area contributed by atoms with Gasteiger partial charge in [0.15, 0.2) is 12.0 Å². The summed E-state index contributed by atoms with van der Waals surface area (Å²) in [6.45, 7) is 7.89. The van der Waals surface area contributed by atoms with E-state index < -0.39 is 0 Å². The van der Waals surface area contributed by atoms with Crippen molar-refractivity contribution in [1.82, 2.24) is 0 Å². The second-order valence-corrected chi connectivity index (χ2v) is 2.88. The Balaban J connectivity index is 2.98. The van der Waals surface area contributed by atoms with E-state index in [1.807, 2.05) is 6.92 Å². The molecule has 1 heterocycles. The van der Waals surface area contributed by atoms with E-state index in [1.165, 1.54) is 0 Å². The summed E-state index contributed by atoms with van der Waals surface area (Å²) in [6, 6.07) is 1.79. The topological polar surface area (TPSA) is 33.5 Å². The maximum atomic E-state index is 10.5. The van der Waals surface area contributed by atoms with Crippen molar-refractivity contribution in [3.05, 3.63) is 17.6 Å². The summed E-state index contributed by atoms with van der Waals surface area (Å²) in [5.74, 6) is 1.21. The first-order valence-electron chi connectivity index (χ1n) is 4.53. The van der Waals surface area contributed by atoms with Crippen LogP contribution in [0.2, 0.25) is 0 Å². The quantitative estimate of drug-likeness (QED) is 0.668. The van der Waals surface area contributed by atoms with Crippen molar-refractivity contribution in [2.45, 2.75) is 20.8 Å². The van der Waals surface area contributed by atoms with Crippen LogP contribution in [0.3, 0.4) is 0 Å². The zero-order chi connectivity index (χ0) is 9.84. The van der Waals surface area contributed by atoms with Crippen molar-refractivity contribution < 1.29 is 9.21 Å². The minimum atomic E-state index is 0.402. The van der Waals surface area contributed by atoms with Gasteiger partial charge in [0.05, 0.1) is 5.69 Å². The first-order valence-corrected chi connectivity index (χ1v) is 4.53. The van der Waals surface area contributed by atoms with Gasteiger partial charge in [0.25, 0.3) is 0 Å². The molecule has 3 nitrogen and oxygen atoms in total. The summed E-state index contributed by atoms with van der Waals surface area (Å²) in [5, 5.41) is 0. The molecule has 0 N–H and O–H groups in total. The first-order chi connectivity index (χ1) is 6.22. The van der Waals surface area contributed by atoms with Crippen molar-refractivity contribution in [2.24, 2.45) is 0 Å². The summed E-state index contributed by atoms with van der Waals surface area (Å²) in [5.41, 5.74) is 1.02. The fraction of sp³-hybridized carbons (Fsp3) is 0.500. The third kappa shape index (κ3) is 1.91. The highest BCUT2D eigenvalue weighted by Crippen LogP contribution is 2.23. The molecule has 1 aromatic heterocycles. The third-order valence-corrected chi connectivity index (χ3v) is 2.13. The number of aryl methyl sites for hydroxylation is 1. The summed E-state index contributed by atoms with van der Waals surface area (Å²) in [6.07, 6.45) is 0.736. The van der Waals surface area contributed by atoms with Gasteiger partial charge in [-0.3, -0.25) is 4.79 Å². The Morgan fingerprint density at radius 1 is 1.46 bits per heavy atom. The smallest absolute Gasteiger partial charge is 0.185 e. The van der Waals surface area contributed by atoms with Crippen molar-refractivity contribution in [3.63, 3.8) is 0 Å². The van der Waals surface area contributed by atoms with Gasteiger partial charge in [0.1, 0.15) is 5.76 Å². The zero-order valence-corrected chi connectivity index (χ0v) is 8.33. The lowest BCUT2D eigenvalue weighted by Crippen LogP contribution is -2.21. The minimum Gasteiger partial charge on any atom is -0.456 e. The van der Waals surface area contributed by atoms with Gasteiger partial charge in [-0.05, 0) is 20.8 Å². The van der Waals surface area contributed by atoms with Crippen molar-refractivity contribution in [3.8, 4) is 0 Å². The molecular weight excluding hydrogens is 166 g/mol. The predicted molar refractivity (Wildman–Crippen MR) is 52.4 cm³/mol. The summed E-state index contributed by atoms with van der Waals surface area (Å²) >= 11 is 0. The van der Waals surface area contributed by atoms with Gasteiger partial charge in [0, 0.05) is 19.2 Å². The highest BCUT2D eigenvalue weighted by molar-refractivity contribution is 5.74. The SMILES string of the molecule is CCN(CC)c1cc(C=O)oc1C. The number of hydrogen-bond acceptors (Lipinski definition) is 3. The van der Waals surface area contributed by atoms with Crippen LogP contribution in [0.25, 0.3) is 0 Å². The molecule has 0 unspecified atom stereocenters. The molecule has 0 atom stereocenters. The van der Waals surface area contributed by atoms with E-state index >= 15 is 0 Å². The molecule has 0 bridgehead atoms. The van der Waals surface area contributed by atoms with Gasteiger partial charge in [0.2, 0.25) is 0 Å². The normalized spacial score (nSPS) is 10.1. The molecule has 0 saturated carbocycles. The molecule has 0 aliphatic rings. The number of aldehydes is 1. The highest BCUT2D eigenvalue weighted by Gasteiger charge is 2.10. The van der Waals surface area contributed by atoms with Gasteiger partial charge in [-0.25, -0.2) is 0 Å². The standard InChI is InChI=1S/C10H15NO2/c1-4-11(5-2)10-6-9(7-12)13-8(10)3/h6-7H,4-5H2,1-3H3. The largest absolute Gasteiger partial charge is 0.456 e.